The number of carbonyl (C=O) groups is 1. The van der Waals surface area contributed by atoms with Gasteiger partial charge in [0.1, 0.15) is 11.5 Å². The van der Waals surface area contributed by atoms with E-state index in [0.717, 1.165) is 11.6 Å². The average Bonchev–Trinajstić information content (AvgIpc) is 2.37. The highest BCUT2D eigenvalue weighted by Gasteiger charge is 2.33. The molecule has 0 unspecified atom stereocenters. The number of rotatable bonds is 3. The zero-order valence-corrected chi connectivity index (χ0v) is 10.9. The minimum atomic E-state index is -4.61. The van der Waals surface area contributed by atoms with E-state index in [0.29, 0.717) is 11.8 Å². The van der Waals surface area contributed by atoms with E-state index in [1.807, 2.05) is 0 Å². The van der Waals surface area contributed by atoms with Crippen LogP contribution in [0.25, 0.3) is 0 Å². The number of anilines is 2. The molecular formula is C13H11F3N4O. The van der Waals surface area contributed by atoms with Crippen LogP contribution >= 0.6 is 0 Å². The first-order valence-electron chi connectivity index (χ1n) is 5.84. The molecule has 2 aromatic rings. The third-order valence-electron chi connectivity index (χ3n) is 2.59. The van der Waals surface area contributed by atoms with Crippen molar-refractivity contribution in [2.24, 2.45) is 5.73 Å². The zero-order valence-electron chi connectivity index (χ0n) is 10.9. The van der Waals surface area contributed by atoms with Crippen molar-refractivity contribution in [1.82, 2.24) is 9.97 Å². The fourth-order valence-electron chi connectivity index (χ4n) is 1.67. The van der Waals surface area contributed by atoms with Crippen LogP contribution in [0.4, 0.5) is 24.7 Å². The van der Waals surface area contributed by atoms with Crippen molar-refractivity contribution in [2.45, 2.75) is 13.1 Å². The standard InChI is InChI=1S/C13H11F3N4O/c1-7-4-8(6-18-5-7)19-12-9(11(17)21)2-3-10(20-12)13(14,15)16/h2-6H,1H3,(H2,17,21)(H,19,20). The molecule has 3 N–H and O–H groups in total. The molecule has 2 aromatic heterocycles. The van der Waals surface area contributed by atoms with Crippen LogP contribution in [0.5, 0.6) is 0 Å². The molecule has 0 fully saturated rings. The van der Waals surface area contributed by atoms with Crippen LogP contribution in [0.2, 0.25) is 0 Å². The summed E-state index contributed by atoms with van der Waals surface area (Å²) < 4.78 is 38.1. The third-order valence-corrected chi connectivity index (χ3v) is 2.59. The van der Waals surface area contributed by atoms with Gasteiger partial charge in [0.25, 0.3) is 5.91 Å². The minimum absolute atomic E-state index is 0.135. The van der Waals surface area contributed by atoms with Crippen molar-refractivity contribution < 1.29 is 18.0 Å². The first-order chi connectivity index (χ1) is 9.77. The van der Waals surface area contributed by atoms with Crippen molar-refractivity contribution in [3.63, 3.8) is 0 Å². The molecule has 0 bridgehead atoms. The largest absolute Gasteiger partial charge is 0.433 e. The highest BCUT2D eigenvalue weighted by atomic mass is 19.4. The number of halogens is 3. The topological polar surface area (TPSA) is 80.9 Å². The normalized spacial score (nSPS) is 11.2. The van der Waals surface area contributed by atoms with Gasteiger partial charge in [-0.3, -0.25) is 9.78 Å². The number of nitrogens with zero attached hydrogens (tertiary/aromatic N) is 2. The first kappa shape index (κ1) is 14.8. The lowest BCUT2D eigenvalue weighted by Crippen LogP contribution is -2.17. The Labute approximate surface area is 118 Å². The van der Waals surface area contributed by atoms with Crippen LogP contribution in [0, 0.1) is 6.92 Å². The SMILES string of the molecule is Cc1cncc(Nc2nc(C(F)(F)F)ccc2C(N)=O)c1. The first-order valence-corrected chi connectivity index (χ1v) is 5.84. The van der Waals surface area contributed by atoms with E-state index in [1.54, 1.807) is 19.2 Å². The van der Waals surface area contributed by atoms with Crippen molar-refractivity contribution in [3.8, 4) is 0 Å². The monoisotopic (exact) mass is 296 g/mol. The lowest BCUT2D eigenvalue weighted by molar-refractivity contribution is -0.141. The van der Waals surface area contributed by atoms with Crippen molar-refractivity contribution in [2.75, 3.05) is 5.32 Å². The van der Waals surface area contributed by atoms with E-state index >= 15 is 0 Å². The predicted octanol–water partition coefficient (Wildman–Crippen LogP) is 2.65. The number of carbonyl (C=O) groups excluding carboxylic acids is 1. The van der Waals surface area contributed by atoms with Crippen molar-refractivity contribution in [3.05, 3.63) is 47.4 Å². The van der Waals surface area contributed by atoms with Crippen LogP contribution in [-0.4, -0.2) is 15.9 Å². The Morgan fingerprint density at radius 1 is 1.29 bits per heavy atom. The molecule has 110 valence electrons. The summed E-state index contributed by atoms with van der Waals surface area (Å²) in [4.78, 5) is 18.6. The Kier molecular flexibility index (Phi) is 3.79. The van der Waals surface area contributed by atoms with Gasteiger partial charge >= 0.3 is 6.18 Å². The molecule has 2 heterocycles. The number of hydrogen-bond donors (Lipinski definition) is 2. The van der Waals surface area contributed by atoms with Gasteiger partial charge in [-0.05, 0) is 30.7 Å². The van der Waals surface area contributed by atoms with Gasteiger partial charge in [-0.15, -0.1) is 0 Å². The fourth-order valence-corrected chi connectivity index (χ4v) is 1.67. The van der Waals surface area contributed by atoms with Crippen molar-refractivity contribution in [1.29, 1.82) is 0 Å². The number of primary amides is 1. The molecule has 0 aliphatic heterocycles. The summed E-state index contributed by atoms with van der Waals surface area (Å²) in [5.74, 6) is -1.14. The number of alkyl halides is 3. The van der Waals surface area contributed by atoms with Crippen LogP contribution in [-0.2, 0) is 6.18 Å². The Morgan fingerprint density at radius 2 is 2.00 bits per heavy atom. The summed E-state index contributed by atoms with van der Waals surface area (Å²) in [5.41, 5.74) is 5.10. The summed E-state index contributed by atoms with van der Waals surface area (Å²) in [6, 6.07) is 3.35. The fraction of sp³-hybridized carbons (Fsp3) is 0.154. The second-order valence-corrected chi connectivity index (χ2v) is 4.33. The number of aromatic nitrogens is 2. The number of nitrogens with one attached hydrogen (secondary N) is 1. The Balaban J connectivity index is 2.46. The molecule has 2 rings (SSSR count). The van der Waals surface area contributed by atoms with Gasteiger partial charge in [0.05, 0.1) is 17.4 Å². The lowest BCUT2D eigenvalue weighted by atomic mass is 10.2. The minimum Gasteiger partial charge on any atom is -0.365 e. The molecule has 0 saturated heterocycles. The number of pyridine rings is 2. The van der Waals surface area contributed by atoms with Gasteiger partial charge in [0.15, 0.2) is 0 Å². The summed E-state index contributed by atoms with van der Waals surface area (Å²) in [5, 5.41) is 2.63. The maximum Gasteiger partial charge on any atom is 0.433 e. The highest BCUT2D eigenvalue weighted by Crippen LogP contribution is 2.30. The summed E-state index contributed by atoms with van der Waals surface area (Å²) in [6.07, 6.45) is -1.63. The van der Waals surface area contributed by atoms with E-state index < -0.39 is 17.8 Å². The maximum atomic E-state index is 12.7. The predicted molar refractivity (Wildman–Crippen MR) is 70.0 cm³/mol. The second-order valence-electron chi connectivity index (χ2n) is 4.33. The summed E-state index contributed by atoms with van der Waals surface area (Å²) >= 11 is 0. The zero-order chi connectivity index (χ0) is 15.6. The van der Waals surface area contributed by atoms with Gasteiger partial charge in [-0.25, -0.2) is 4.98 Å². The quantitative estimate of drug-likeness (QED) is 0.912. The van der Waals surface area contributed by atoms with Gasteiger partial charge in [-0.1, -0.05) is 0 Å². The van der Waals surface area contributed by atoms with Crippen molar-refractivity contribution >= 4 is 17.4 Å². The average molecular weight is 296 g/mol. The number of hydrogen-bond acceptors (Lipinski definition) is 4. The molecule has 0 atom stereocenters. The van der Waals surface area contributed by atoms with E-state index in [2.05, 4.69) is 15.3 Å². The van der Waals surface area contributed by atoms with Crippen LogP contribution in [0.3, 0.4) is 0 Å². The summed E-state index contributed by atoms with van der Waals surface area (Å²) in [6.45, 7) is 1.77. The van der Waals surface area contributed by atoms with E-state index in [4.69, 9.17) is 5.73 Å². The lowest BCUT2D eigenvalue weighted by Gasteiger charge is -2.12. The Bertz CT molecular complexity index is 685. The molecule has 8 heteroatoms. The maximum absolute atomic E-state index is 12.7. The second kappa shape index (κ2) is 5.39. The number of amides is 1. The molecule has 0 radical (unpaired) electrons. The molecule has 0 aliphatic carbocycles. The number of nitrogens with two attached hydrogens (primary N) is 1. The Hall–Kier alpha value is -2.64. The molecule has 5 nitrogen and oxygen atoms in total. The molecule has 0 saturated carbocycles. The van der Waals surface area contributed by atoms with Gasteiger partial charge < -0.3 is 11.1 Å². The van der Waals surface area contributed by atoms with Gasteiger partial charge in [0.2, 0.25) is 0 Å². The van der Waals surface area contributed by atoms with Gasteiger partial charge in [-0.2, -0.15) is 13.2 Å². The van der Waals surface area contributed by atoms with E-state index in [9.17, 15) is 18.0 Å². The van der Waals surface area contributed by atoms with Crippen LogP contribution in [0.15, 0.2) is 30.6 Å². The van der Waals surface area contributed by atoms with E-state index in [1.165, 1.54) is 6.20 Å². The molecule has 0 spiro atoms. The molecule has 0 aromatic carbocycles. The molecule has 0 aliphatic rings. The van der Waals surface area contributed by atoms with E-state index in [-0.39, 0.29) is 11.4 Å². The third kappa shape index (κ3) is 3.47. The number of aryl methyl sites for hydroxylation is 1. The van der Waals surface area contributed by atoms with Crippen LogP contribution in [0.1, 0.15) is 21.6 Å². The highest BCUT2D eigenvalue weighted by molar-refractivity contribution is 5.98. The van der Waals surface area contributed by atoms with Gasteiger partial charge in [0, 0.05) is 6.20 Å². The smallest absolute Gasteiger partial charge is 0.365 e. The molecule has 1 amide bonds. The summed E-state index contributed by atoms with van der Waals surface area (Å²) in [7, 11) is 0. The molecular weight excluding hydrogens is 285 g/mol. The molecule has 21 heavy (non-hydrogen) atoms. The Morgan fingerprint density at radius 3 is 2.57 bits per heavy atom. The van der Waals surface area contributed by atoms with Crippen LogP contribution < -0.4 is 11.1 Å².